The highest BCUT2D eigenvalue weighted by Gasteiger charge is 1.96. The van der Waals surface area contributed by atoms with Gasteiger partial charge in [-0.05, 0) is 13.3 Å². The van der Waals surface area contributed by atoms with Crippen LogP contribution in [0.5, 0.6) is 0 Å². The molecule has 0 aliphatic heterocycles. The van der Waals surface area contributed by atoms with Crippen molar-refractivity contribution in [3.05, 3.63) is 0 Å². The molecule has 0 heterocycles. The van der Waals surface area contributed by atoms with Crippen LogP contribution in [-0.2, 0) is 9.53 Å². The fourth-order valence-corrected chi connectivity index (χ4v) is 1.81. The van der Waals surface area contributed by atoms with Crippen LogP contribution in [0.1, 0.15) is 78.1 Å². The van der Waals surface area contributed by atoms with E-state index >= 15 is 0 Å². The lowest BCUT2D eigenvalue weighted by atomic mass is 10.1. The van der Waals surface area contributed by atoms with Crippen molar-refractivity contribution in [2.45, 2.75) is 78.1 Å². The summed E-state index contributed by atoms with van der Waals surface area (Å²) in [5, 5.41) is 8.41. The van der Waals surface area contributed by atoms with Crippen molar-refractivity contribution in [2.75, 3.05) is 6.61 Å². The minimum absolute atomic E-state index is 0.343. The molecule has 0 aromatic carbocycles. The molecule has 0 amide bonds. The van der Waals surface area contributed by atoms with Crippen LogP contribution < -0.4 is 0 Å². The zero-order valence-corrected chi connectivity index (χ0v) is 13.6. The van der Waals surface area contributed by atoms with Crippen molar-refractivity contribution in [3.8, 4) is 0 Å². The van der Waals surface area contributed by atoms with Crippen LogP contribution in [0.15, 0.2) is 0 Å². The molecular formula is C15H29ClO4. The number of hydrogen-bond acceptors (Lipinski definition) is 3. The van der Waals surface area contributed by atoms with E-state index in [1.807, 2.05) is 0 Å². The molecule has 0 bridgehead atoms. The summed E-state index contributed by atoms with van der Waals surface area (Å²) in [6, 6.07) is 0. The molecule has 0 aromatic heterocycles. The predicted molar refractivity (Wildman–Crippen MR) is 82.4 cm³/mol. The molecular weight excluding hydrogens is 280 g/mol. The molecule has 120 valence electrons. The Balaban J connectivity index is 0. The molecule has 0 saturated carbocycles. The van der Waals surface area contributed by atoms with Crippen molar-refractivity contribution >= 4 is 23.0 Å². The second-order valence-corrected chi connectivity index (χ2v) is 4.95. The first-order valence-electron chi connectivity index (χ1n) is 7.58. The van der Waals surface area contributed by atoms with Crippen molar-refractivity contribution in [3.63, 3.8) is 0 Å². The number of carboxylic acids is 1. The highest BCUT2D eigenvalue weighted by molar-refractivity contribution is 6.61. The SMILES string of the molecule is CCCCCCCCCCCC(=O)O.CCOC(=O)Cl. The Morgan fingerprint density at radius 1 is 0.900 bits per heavy atom. The fraction of sp³-hybridized carbons (Fsp3) is 0.867. The first-order chi connectivity index (χ1) is 9.54. The number of carboxylic acid groups (broad SMARTS) is 1. The topological polar surface area (TPSA) is 63.6 Å². The number of unbranched alkanes of at least 4 members (excludes halogenated alkanes) is 8. The van der Waals surface area contributed by atoms with Gasteiger partial charge in [0.1, 0.15) is 0 Å². The van der Waals surface area contributed by atoms with Crippen LogP contribution >= 0.6 is 11.6 Å². The van der Waals surface area contributed by atoms with Gasteiger partial charge in [0.2, 0.25) is 0 Å². The van der Waals surface area contributed by atoms with Crippen LogP contribution in [0, 0.1) is 0 Å². The summed E-state index contributed by atoms with van der Waals surface area (Å²) in [4.78, 5) is 19.8. The number of halogens is 1. The van der Waals surface area contributed by atoms with E-state index in [2.05, 4.69) is 11.7 Å². The molecule has 0 rings (SSSR count). The minimum Gasteiger partial charge on any atom is -0.481 e. The molecule has 0 spiro atoms. The molecule has 20 heavy (non-hydrogen) atoms. The lowest BCUT2D eigenvalue weighted by Gasteiger charge is -2.00. The largest absolute Gasteiger partial charge is 0.481 e. The van der Waals surface area contributed by atoms with E-state index in [1.54, 1.807) is 6.92 Å². The van der Waals surface area contributed by atoms with Gasteiger partial charge in [0.15, 0.2) is 0 Å². The first kappa shape index (κ1) is 21.5. The Morgan fingerprint density at radius 3 is 1.65 bits per heavy atom. The van der Waals surface area contributed by atoms with Gasteiger partial charge >= 0.3 is 11.4 Å². The normalized spacial score (nSPS) is 9.55. The molecule has 0 atom stereocenters. The number of hydrogen-bond donors (Lipinski definition) is 1. The van der Waals surface area contributed by atoms with E-state index in [0.29, 0.717) is 13.0 Å². The lowest BCUT2D eigenvalue weighted by Crippen LogP contribution is -1.93. The fourth-order valence-electron chi connectivity index (χ4n) is 1.70. The van der Waals surface area contributed by atoms with Crippen molar-refractivity contribution in [2.24, 2.45) is 0 Å². The van der Waals surface area contributed by atoms with Gasteiger partial charge in [-0.15, -0.1) is 0 Å². The molecule has 4 nitrogen and oxygen atoms in total. The summed E-state index contributed by atoms with van der Waals surface area (Å²) in [6.07, 6.45) is 11.5. The number of ether oxygens (including phenoxy) is 1. The molecule has 0 saturated heterocycles. The Hall–Kier alpha value is -0.770. The van der Waals surface area contributed by atoms with E-state index in [0.717, 1.165) is 12.8 Å². The van der Waals surface area contributed by atoms with E-state index in [1.165, 1.54) is 44.9 Å². The van der Waals surface area contributed by atoms with Crippen molar-refractivity contribution in [1.82, 2.24) is 0 Å². The molecule has 1 N–H and O–H groups in total. The standard InChI is InChI=1S/C12H24O2.C3H5ClO2/c1-2-3-4-5-6-7-8-9-10-11-12(13)14;1-2-6-3(4)5/h2-11H2,1H3,(H,13,14);2H2,1H3. The number of carbonyl (C=O) groups excluding carboxylic acids is 1. The summed E-state index contributed by atoms with van der Waals surface area (Å²) < 4.78 is 4.17. The lowest BCUT2D eigenvalue weighted by molar-refractivity contribution is -0.137. The third-order valence-electron chi connectivity index (χ3n) is 2.75. The van der Waals surface area contributed by atoms with E-state index in [4.69, 9.17) is 16.7 Å². The minimum atomic E-state index is -0.738. The van der Waals surface area contributed by atoms with Crippen molar-refractivity contribution < 1.29 is 19.4 Å². The highest BCUT2D eigenvalue weighted by Crippen LogP contribution is 2.10. The summed E-state index contributed by atoms with van der Waals surface area (Å²) >= 11 is 4.72. The Labute approximate surface area is 127 Å². The van der Waals surface area contributed by atoms with Crippen LogP contribution in [-0.4, -0.2) is 23.1 Å². The van der Waals surface area contributed by atoms with Gasteiger partial charge in [0, 0.05) is 18.0 Å². The second-order valence-electron chi connectivity index (χ2n) is 4.64. The smallest absolute Gasteiger partial charge is 0.403 e. The maximum Gasteiger partial charge on any atom is 0.403 e. The Kier molecular flexibility index (Phi) is 19.6. The summed E-state index contributed by atoms with van der Waals surface area (Å²) in [5.41, 5.74) is -0.738. The molecule has 0 radical (unpaired) electrons. The molecule has 0 aliphatic carbocycles. The quantitative estimate of drug-likeness (QED) is 0.411. The monoisotopic (exact) mass is 308 g/mol. The van der Waals surface area contributed by atoms with Gasteiger partial charge < -0.3 is 9.84 Å². The van der Waals surface area contributed by atoms with Gasteiger partial charge in [0.05, 0.1) is 6.61 Å². The zero-order chi connectivity index (χ0) is 15.6. The molecule has 5 heteroatoms. The van der Waals surface area contributed by atoms with Crippen LogP contribution in [0.4, 0.5) is 4.79 Å². The van der Waals surface area contributed by atoms with Crippen LogP contribution in [0.3, 0.4) is 0 Å². The zero-order valence-electron chi connectivity index (χ0n) is 12.8. The van der Waals surface area contributed by atoms with Gasteiger partial charge in [0.25, 0.3) is 0 Å². The molecule has 0 unspecified atom stereocenters. The number of aliphatic carboxylic acids is 1. The average molecular weight is 309 g/mol. The third-order valence-corrected chi connectivity index (χ3v) is 2.86. The van der Waals surface area contributed by atoms with Gasteiger partial charge in [-0.3, -0.25) is 4.79 Å². The van der Waals surface area contributed by atoms with E-state index in [9.17, 15) is 9.59 Å². The van der Waals surface area contributed by atoms with Crippen LogP contribution in [0.25, 0.3) is 0 Å². The van der Waals surface area contributed by atoms with Crippen molar-refractivity contribution in [1.29, 1.82) is 0 Å². The molecule has 0 aromatic rings. The Bertz CT molecular complexity index is 232. The van der Waals surface area contributed by atoms with Gasteiger partial charge in [-0.2, -0.15) is 0 Å². The van der Waals surface area contributed by atoms with E-state index in [-0.39, 0.29) is 0 Å². The molecule has 0 fully saturated rings. The highest BCUT2D eigenvalue weighted by atomic mass is 35.5. The molecule has 0 aliphatic rings. The van der Waals surface area contributed by atoms with E-state index < -0.39 is 11.4 Å². The maximum absolute atomic E-state index is 10.2. The summed E-state index contributed by atoms with van der Waals surface area (Å²) in [7, 11) is 0. The summed E-state index contributed by atoms with van der Waals surface area (Å²) in [5.74, 6) is -0.659. The number of rotatable bonds is 11. The second kappa shape index (κ2) is 18.2. The van der Waals surface area contributed by atoms with Crippen LogP contribution in [0.2, 0.25) is 0 Å². The summed E-state index contributed by atoms with van der Waals surface area (Å²) in [6.45, 7) is 4.27. The number of carbonyl (C=O) groups is 2. The van der Waals surface area contributed by atoms with Gasteiger partial charge in [-0.1, -0.05) is 58.3 Å². The predicted octanol–water partition coefficient (Wildman–Crippen LogP) is 5.37. The maximum atomic E-state index is 10.2. The van der Waals surface area contributed by atoms with Gasteiger partial charge in [-0.25, -0.2) is 4.79 Å². The Morgan fingerprint density at radius 2 is 1.35 bits per heavy atom. The third kappa shape index (κ3) is 25.9. The first-order valence-corrected chi connectivity index (χ1v) is 7.96. The average Bonchev–Trinajstić information content (AvgIpc) is 2.37.